The molecule has 1 aromatic rings. The number of halogens is 2. The van der Waals surface area contributed by atoms with E-state index >= 15 is 0 Å². The third-order valence-corrected chi connectivity index (χ3v) is 5.15. The lowest BCUT2D eigenvalue weighted by molar-refractivity contribution is 0.0241. The van der Waals surface area contributed by atoms with Gasteiger partial charge in [0.1, 0.15) is 5.60 Å². The smallest absolute Gasteiger partial charge is 0.410 e. The van der Waals surface area contributed by atoms with Crippen molar-refractivity contribution >= 4 is 49.3 Å². The van der Waals surface area contributed by atoms with Crippen molar-refractivity contribution in [3.8, 4) is 0 Å². The van der Waals surface area contributed by atoms with Crippen molar-refractivity contribution in [1.29, 1.82) is 0 Å². The van der Waals surface area contributed by atoms with Crippen molar-refractivity contribution < 1.29 is 9.53 Å². The number of amides is 1. The summed E-state index contributed by atoms with van der Waals surface area (Å²) >= 11 is 8.68. The first-order chi connectivity index (χ1) is 7.78. The minimum atomic E-state index is -0.444. The minimum absolute atomic E-state index is 0.252. The van der Waals surface area contributed by atoms with Crippen molar-refractivity contribution in [1.82, 2.24) is 4.90 Å². The second-order valence-corrected chi connectivity index (χ2v) is 8.60. The van der Waals surface area contributed by atoms with Crippen LogP contribution in [0.15, 0.2) is 7.57 Å². The second kappa shape index (κ2) is 4.55. The highest BCUT2D eigenvalue weighted by Gasteiger charge is 2.31. The Hall–Kier alpha value is -0.0700. The normalized spacial score (nSPS) is 15.0. The number of hydrogen-bond donors (Lipinski definition) is 0. The summed E-state index contributed by atoms with van der Waals surface area (Å²) < 4.78 is 7.54. The molecule has 0 spiro atoms. The van der Waals surface area contributed by atoms with Gasteiger partial charge in [0.05, 0.1) is 20.7 Å². The molecule has 2 heterocycles. The third kappa shape index (κ3) is 2.85. The van der Waals surface area contributed by atoms with Crippen LogP contribution < -0.4 is 0 Å². The Kier molecular flexibility index (Phi) is 3.58. The summed E-state index contributed by atoms with van der Waals surface area (Å²) in [6.45, 7) is 6.87. The Labute approximate surface area is 121 Å². The number of thiophene rings is 1. The minimum Gasteiger partial charge on any atom is -0.444 e. The van der Waals surface area contributed by atoms with Gasteiger partial charge in [-0.2, -0.15) is 0 Å². The Bertz CT molecular complexity index is 438. The van der Waals surface area contributed by atoms with E-state index in [1.165, 1.54) is 11.1 Å². The van der Waals surface area contributed by atoms with E-state index in [4.69, 9.17) is 4.74 Å². The van der Waals surface area contributed by atoms with Crippen LogP contribution in [0.3, 0.4) is 0 Å². The fourth-order valence-electron chi connectivity index (χ4n) is 1.65. The van der Waals surface area contributed by atoms with E-state index in [9.17, 15) is 4.79 Å². The molecule has 94 valence electrons. The van der Waals surface area contributed by atoms with Gasteiger partial charge in [-0.25, -0.2) is 4.79 Å². The molecule has 1 aliphatic rings. The highest BCUT2D eigenvalue weighted by atomic mass is 79.9. The lowest BCUT2D eigenvalue weighted by atomic mass is 10.2. The Morgan fingerprint density at radius 3 is 2.12 bits per heavy atom. The summed E-state index contributed by atoms with van der Waals surface area (Å²) in [4.78, 5) is 13.6. The Morgan fingerprint density at radius 1 is 1.24 bits per heavy atom. The lowest BCUT2D eigenvalue weighted by Crippen LogP contribution is -2.33. The van der Waals surface area contributed by atoms with E-state index in [1.807, 2.05) is 20.8 Å². The second-order valence-electron chi connectivity index (χ2n) is 4.94. The maximum absolute atomic E-state index is 11.9. The zero-order valence-corrected chi connectivity index (χ0v) is 13.8. The third-order valence-electron chi connectivity index (χ3n) is 2.37. The van der Waals surface area contributed by atoms with Gasteiger partial charge in [0.15, 0.2) is 0 Å². The average molecular weight is 383 g/mol. The standard InChI is InChI=1S/C11H13Br2NO2S/c1-11(2,3)16-10(15)14-4-6-7(5-14)9(13)17-8(6)12/h4-5H2,1-3H3. The van der Waals surface area contributed by atoms with E-state index in [1.54, 1.807) is 16.2 Å². The first-order valence-electron chi connectivity index (χ1n) is 5.21. The quantitative estimate of drug-likeness (QED) is 0.659. The monoisotopic (exact) mass is 381 g/mol. The molecule has 0 bridgehead atoms. The van der Waals surface area contributed by atoms with E-state index in [2.05, 4.69) is 31.9 Å². The number of hydrogen-bond acceptors (Lipinski definition) is 3. The molecule has 0 aliphatic carbocycles. The molecular formula is C11H13Br2NO2S. The van der Waals surface area contributed by atoms with Gasteiger partial charge in [0.25, 0.3) is 0 Å². The summed E-state index contributed by atoms with van der Waals surface area (Å²) in [6, 6.07) is 0. The molecule has 0 atom stereocenters. The number of fused-ring (bicyclic) bond motifs is 1. The molecule has 2 rings (SSSR count). The molecule has 0 saturated carbocycles. The van der Waals surface area contributed by atoms with Crippen LogP contribution in [-0.2, 0) is 17.8 Å². The predicted octanol–water partition coefficient (Wildman–Crippen LogP) is 4.52. The van der Waals surface area contributed by atoms with E-state index in [-0.39, 0.29) is 6.09 Å². The molecule has 17 heavy (non-hydrogen) atoms. The lowest BCUT2D eigenvalue weighted by Gasteiger charge is -2.24. The molecule has 0 N–H and O–H groups in total. The molecule has 0 fully saturated rings. The number of carbonyl (C=O) groups is 1. The molecule has 0 radical (unpaired) electrons. The van der Waals surface area contributed by atoms with Crippen LogP contribution in [-0.4, -0.2) is 16.6 Å². The molecule has 3 nitrogen and oxygen atoms in total. The van der Waals surface area contributed by atoms with E-state index < -0.39 is 5.60 Å². The van der Waals surface area contributed by atoms with Gasteiger partial charge in [-0.1, -0.05) is 0 Å². The molecule has 1 aromatic heterocycles. The number of carbonyl (C=O) groups excluding carboxylic acids is 1. The van der Waals surface area contributed by atoms with Crippen molar-refractivity contribution in [3.05, 3.63) is 18.7 Å². The number of nitrogens with zero attached hydrogens (tertiary/aromatic N) is 1. The Morgan fingerprint density at radius 2 is 1.71 bits per heavy atom. The van der Waals surface area contributed by atoms with Gasteiger partial charge in [0, 0.05) is 11.1 Å². The van der Waals surface area contributed by atoms with Crippen LogP contribution in [0.4, 0.5) is 4.79 Å². The molecule has 0 aromatic carbocycles. The summed E-state index contributed by atoms with van der Waals surface area (Å²) in [5.74, 6) is 0. The van der Waals surface area contributed by atoms with Crippen molar-refractivity contribution in [3.63, 3.8) is 0 Å². The molecule has 1 aliphatic heterocycles. The van der Waals surface area contributed by atoms with Gasteiger partial charge in [-0.05, 0) is 52.6 Å². The van der Waals surface area contributed by atoms with Crippen LogP contribution in [0.25, 0.3) is 0 Å². The van der Waals surface area contributed by atoms with Crippen LogP contribution in [0.1, 0.15) is 31.9 Å². The first kappa shape index (κ1) is 13.4. The molecule has 1 amide bonds. The predicted molar refractivity (Wildman–Crippen MR) is 75.2 cm³/mol. The van der Waals surface area contributed by atoms with Gasteiger partial charge in [-0.15, -0.1) is 11.3 Å². The van der Waals surface area contributed by atoms with E-state index in [0.717, 1.165) is 7.57 Å². The highest BCUT2D eigenvalue weighted by molar-refractivity contribution is 9.12. The van der Waals surface area contributed by atoms with Crippen molar-refractivity contribution in [2.75, 3.05) is 0 Å². The van der Waals surface area contributed by atoms with Gasteiger partial charge in [0.2, 0.25) is 0 Å². The largest absolute Gasteiger partial charge is 0.444 e. The number of ether oxygens (including phenoxy) is 1. The van der Waals surface area contributed by atoms with E-state index in [0.29, 0.717) is 13.1 Å². The SMILES string of the molecule is CC(C)(C)OC(=O)N1Cc2c(Br)sc(Br)c2C1. The van der Waals surface area contributed by atoms with Crippen molar-refractivity contribution in [2.24, 2.45) is 0 Å². The first-order valence-corrected chi connectivity index (χ1v) is 7.61. The Balaban J connectivity index is 2.10. The average Bonchev–Trinajstić information content (AvgIpc) is 2.67. The molecule has 6 heteroatoms. The molecular weight excluding hydrogens is 370 g/mol. The molecule has 0 saturated heterocycles. The maximum atomic E-state index is 11.9. The summed E-state index contributed by atoms with van der Waals surface area (Å²) in [7, 11) is 0. The number of rotatable bonds is 0. The van der Waals surface area contributed by atoms with Crippen LogP contribution in [0.2, 0.25) is 0 Å². The molecule has 0 unspecified atom stereocenters. The van der Waals surface area contributed by atoms with Gasteiger partial charge in [-0.3, -0.25) is 4.90 Å². The zero-order chi connectivity index (χ0) is 12.8. The summed E-state index contributed by atoms with van der Waals surface area (Å²) in [6.07, 6.45) is -0.252. The summed E-state index contributed by atoms with van der Waals surface area (Å²) in [5.41, 5.74) is 1.93. The van der Waals surface area contributed by atoms with Crippen molar-refractivity contribution in [2.45, 2.75) is 39.5 Å². The van der Waals surface area contributed by atoms with Crippen LogP contribution in [0, 0.1) is 0 Å². The van der Waals surface area contributed by atoms with Gasteiger partial charge < -0.3 is 4.74 Å². The zero-order valence-electron chi connectivity index (χ0n) is 9.84. The highest BCUT2D eigenvalue weighted by Crippen LogP contribution is 2.42. The fraction of sp³-hybridized carbons (Fsp3) is 0.545. The van der Waals surface area contributed by atoms with Crippen LogP contribution >= 0.6 is 43.2 Å². The summed E-state index contributed by atoms with van der Waals surface area (Å²) in [5, 5.41) is 0. The van der Waals surface area contributed by atoms with Crippen LogP contribution in [0.5, 0.6) is 0 Å². The fourth-order valence-corrected chi connectivity index (χ4v) is 4.78. The topological polar surface area (TPSA) is 29.5 Å². The maximum Gasteiger partial charge on any atom is 0.410 e. The van der Waals surface area contributed by atoms with Gasteiger partial charge >= 0.3 is 6.09 Å².